The van der Waals surface area contributed by atoms with E-state index in [1.807, 2.05) is 12.1 Å². The average Bonchev–Trinajstić information content (AvgIpc) is 2.84. The molecule has 0 aliphatic heterocycles. The van der Waals surface area contributed by atoms with E-state index in [-0.39, 0.29) is 0 Å². The minimum atomic E-state index is 0.561. The Morgan fingerprint density at radius 1 is 1.38 bits per heavy atom. The van der Waals surface area contributed by atoms with Gasteiger partial charge in [-0.1, -0.05) is 19.8 Å². The second-order valence-corrected chi connectivity index (χ2v) is 6.50. The van der Waals surface area contributed by atoms with Crippen molar-refractivity contribution in [1.82, 2.24) is 9.55 Å². The zero-order valence-corrected chi connectivity index (χ0v) is 13.6. The maximum atomic E-state index is 5.98. The molecule has 114 valence electrons. The van der Waals surface area contributed by atoms with Crippen molar-refractivity contribution in [3.05, 3.63) is 24.0 Å². The van der Waals surface area contributed by atoms with Crippen LogP contribution in [0.1, 0.15) is 44.5 Å². The number of nitrogens with zero attached hydrogens (tertiary/aromatic N) is 2. The molecule has 1 aliphatic carbocycles. The molecule has 4 heteroatoms. The van der Waals surface area contributed by atoms with Crippen LogP contribution in [0.2, 0.25) is 0 Å². The Morgan fingerprint density at radius 2 is 2.24 bits per heavy atom. The zero-order chi connectivity index (χ0) is 14.8. The Hall–Kier alpha value is -1.22. The lowest BCUT2D eigenvalue weighted by atomic mass is 9.87. The topological polar surface area (TPSA) is 27.1 Å². The van der Waals surface area contributed by atoms with Crippen molar-refractivity contribution in [3.63, 3.8) is 0 Å². The van der Waals surface area contributed by atoms with Crippen LogP contribution < -0.4 is 4.74 Å². The highest BCUT2D eigenvalue weighted by Gasteiger charge is 2.24. The Labute approximate surface area is 131 Å². The Kier molecular flexibility index (Phi) is 4.39. The highest BCUT2D eigenvalue weighted by molar-refractivity contribution is 6.17. The molecule has 2 atom stereocenters. The molecule has 0 saturated heterocycles. The molecular weight excluding hydrogens is 284 g/mol. The summed E-state index contributed by atoms with van der Waals surface area (Å²) >= 11 is 5.98. The van der Waals surface area contributed by atoms with Crippen molar-refractivity contribution in [2.75, 3.05) is 13.0 Å². The van der Waals surface area contributed by atoms with Gasteiger partial charge in [0.25, 0.3) is 0 Å². The number of ether oxygens (including phenoxy) is 1. The third-order valence-corrected chi connectivity index (χ3v) is 4.75. The monoisotopic (exact) mass is 306 g/mol. The molecule has 1 aromatic carbocycles. The van der Waals surface area contributed by atoms with Crippen LogP contribution in [0.25, 0.3) is 11.0 Å². The maximum Gasteiger partial charge on any atom is 0.121 e. The smallest absolute Gasteiger partial charge is 0.121 e. The molecule has 2 aromatic rings. The number of alkyl halides is 1. The van der Waals surface area contributed by atoms with Gasteiger partial charge >= 0.3 is 0 Å². The minimum Gasteiger partial charge on any atom is -0.497 e. The van der Waals surface area contributed by atoms with Gasteiger partial charge in [-0.2, -0.15) is 0 Å². The van der Waals surface area contributed by atoms with Crippen LogP contribution in [0, 0.1) is 5.92 Å². The molecule has 3 rings (SSSR count). The molecule has 0 bridgehead atoms. The number of imidazole rings is 1. The molecule has 1 saturated carbocycles. The highest BCUT2D eigenvalue weighted by Crippen LogP contribution is 2.36. The summed E-state index contributed by atoms with van der Waals surface area (Å²) in [5.41, 5.74) is 2.24. The predicted molar refractivity (Wildman–Crippen MR) is 87.4 cm³/mol. The number of hydrogen-bond acceptors (Lipinski definition) is 2. The summed E-state index contributed by atoms with van der Waals surface area (Å²) < 4.78 is 7.76. The molecule has 0 N–H and O–H groups in total. The van der Waals surface area contributed by atoms with Gasteiger partial charge in [-0.25, -0.2) is 4.98 Å². The number of fused-ring (bicyclic) bond motifs is 1. The largest absolute Gasteiger partial charge is 0.497 e. The maximum absolute atomic E-state index is 5.98. The van der Waals surface area contributed by atoms with Gasteiger partial charge in [-0.05, 0) is 30.9 Å². The second kappa shape index (κ2) is 6.27. The van der Waals surface area contributed by atoms with Crippen LogP contribution in [0.3, 0.4) is 0 Å². The van der Waals surface area contributed by atoms with Crippen molar-refractivity contribution in [3.8, 4) is 5.75 Å². The van der Waals surface area contributed by atoms with Gasteiger partial charge in [0.15, 0.2) is 0 Å². The lowest BCUT2D eigenvalue weighted by molar-refractivity contribution is 0.282. The molecular formula is C17H23ClN2O. The molecule has 0 spiro atoms. The van der Waals surface area contributed by atoms with Gasteiger partial charge in [0.05, 0.1) is 18.1 Å². The second-order valence-electron chi connectivity index (χ2n) is 6.12. The zero-order valence-electron chi connectivity index (χ0n) is 12.8. The number of benzene rings is 1. The van der Waals surface area contributed by atoms with Crippen molar-refractivity contribution in [2.24, 2.45) is 5.92 Å². The lowest BCUT2D eigenvalue weighted by Gasteiger charge is -2.29. The van der Waals surface area contributed by atoms with Crippen LogP contribution >= 0.6 is 11.6 Å². The van der Waals surface area contributed by atoms with Gasteiger partial charge in [0.1, 0.15) is 11.6 Å². The first-order valence-electron chi connectivity index (χ1n) is 7.83. The third-order valence-electron chi connectivity index (χ3n) is 4.56. The van der Waals surface area contributed by atoms with Crippen molar-refractivity contribution in [2.45, 2.75) is 45.1 Å². The van der Waals surface area contributed by atoms with Crippen molar-refractivity contribution < 1.29 is 4.74 Å². The van der Waals surface area contributed by atoms with Crippen molar-refractivity contribution >= 4 is 22.6 Å². The normalized spacial score (nSPS) is 22.6. The molecule has 2 unspecified atom stereocenters. The molecule has 1 aromatic heterocycles. The highest BCUT2D eigenvalue weighted by atomic mass is 35.5. The molecule has 0 amide bonds. The van der Waals surface area contributed by atoms with Gasteiger partial charge in [-0.3, -0.25) is 0 Å². The van der Waals surface area contributed by atoms with Crippen LogP contribution in [-0.2, 0) is 6.42 Å². The van der Waals surface area contributed by atoms with Gasteiger partial charge in [0, 0.05) is 24.4 Å². The van der Waals surface area contributed by atoms with Gasteiger partial charge < -0.3 is 9.30 Å². The standard InChI is InChI=1S/C17H23ClN2O/c1-12-4-3-5-13(10-12)20-16-7-6-14(21-2)11-15(16)19-17(20)8-9-18/h6-7,11-13H,3-5,8-10H2,1-2H3. The number of rotatable bonds is 4. The SMILES string of the molecule is COc1ccc2c(c1)nc(CCCl)n2C1CCCC(C)C1. The fourth-order valence-corrected chi connectivity index (χ4v) is 3.73. The predicted octanol–water partition coefficient (Wildman–Crippen LogP) is 4.58. The molecule has 3 nitrogen and oxygen atoms in total. The van der Waals surface area contributed by atoms with Gasteiger partial charge in [0.2, 0.25) is 0 Å². The Balaban J connectivity index is 2.07. The summed E-state index contributed by atoms with van der Waals surface area (Å²) in [5.74, 6) is 3.39. The number of aromatic nitrogens is 2. The van der Waals surface area contributed by atoms with Crippen LogP contribution in [0.15, 0.2) is 18.2 Å². The Morgan fingerprint density at radius 3 is 2.95 bits per heavy atom. The lowest BCUT2D eigenvalue weighted by Crippen LogP contribution is -2.19. The summed E-state index contributed by atoms with van der Waals surface area (Å²) in [6.07, 6.45) is 5.97. The third kappa shape index (κ3) is 2.89. The molecule has 1 aliphatic rings. The molecule has 21 heavy (non-hydrogen) atoms. The van der Waals surface area contributed by atoms with Crippen molar-refractivity contribution in [1.29, 1.82) is 0 Å². The number of aryl methyl sites for hydroxylation is 1. The minimum absolute atomic E-state index is 0.561. The molecule has 1 heterocycles. The number of hydrogen-bond donors (Lipinski definition) is 0. The van der Waals surface area contributed by atoms with Crippen LogP contribution in [0.4, 0.5) is 0 Å². The first kappa shape index (κ1) is 14.7. The van der Waals surface area contributed by atoms with Gasteiger partial charge in [-0.15, -0.1) is 11.6 Å². The van der Waals surface area contributed by atoms with E-state index >= 15 is 0 Å². The summed E-state index contributed by atoms with van der Waals surface area (Å²) in [5, 5.41) is 0. The molecule has 1 fully saturated rings. The van der Waals surface area contributed by atoms with Crippen LogP contribution in [0.5, 0.6) is 5.75 Å². The van der Waals surface area contributed by atoms with Crippen LogP contribution in [-0.4, -0.2) is 22.5 Å². The quantitative estimate of drug-likeness (QED) is 0.773. The number of halogens is 1. The first-order valence-corrected chi connectivity index (χ1v) is 8.37. The summed E-state index contributed by atoms with van der Waals surface area (Å²) in [6.45, 7) is 2.36. The van der Waals surface area contributed by atoms with E-state index in [2.05, 4.69) is 17.6 Å². The average molecular weight is 307 g/mol. The fraction of sp³-hybridized carbons (Fsp3) is 0.588. The van der Waals surface area contributed by atoms with E-state index in [4.69, 9.17) is 21.3 Å². The fourth-order valence-electron chi connectivity index (χ4n) is 3.56. The first-order chi connectivity index (χ1) is 10.2. The van der Waals surface area contributed by atoms with E-state index in [1.165, 1.54) is 31.2 Å². The molecule has 0 radical (unpaired) electrons. The van der Waals surface area contributed by atoms with E-state index in [0.717, 1.165) is 29.4 Å². The van der Waals surface area contributed by atoms with E-state index in [9.17, 15) is 0 Å². The Bertz CT molecular complexity index is 623. The summed E-state index contributed by atoms with van der Waals surface area (Å²) in [7, 11) is 1.70. The van der Waals surface area contributed by atoms with E-state index in [0.29, 0.717) is 11.9 Å². The van der Waals surface area contributed by atoms with E-state index in [1.54, 1.807) is 7.11 Å². The number of methoxy groups -OCH3 is 1. The van der Waals surface area contributed by atoms with E-state index < -0.39 is 0 Å². The summed E-state index contributed by atoms with van der Waals surface area (Å²) in [4.78, 5) is 4.81. The summed E-state index contributed by atoms with van der Waals surface area (Å²) in [6, 6.07) is 6.75.